The van der Waals surface area contributed by atoms with E-state index in [9.17, 15) is 9.59 Å². The van der Waals surface area contributed by atoms with Crippen molar-refractivity contribution in [1.29, 1.82) is 0 Å². The zero-order valence-corrected chi connectivity index (χ0v) is 11.7. The van der Waals surface area contributed by atoms with E-state index in [1.165, 1.54) is 0 Å². The van der Waals surface area contributed by atoms with Gasteiger partial charge in [0.15, 0.2) is 0 Å². The number of aliphatic carboxylic acids is 2. The van der Waals surface area contributed by atoms with Gasteiger partial charge in [0.25, 0.3) is 0 Å². The summed E-state index contributed by atoms with van der Waals surface area (Å²) in [6.45, 7) is 1.93. The van der Waals surface area contributed by atoms with Crippen LogP contribution in [0.15, 0.2) is 28.0 Å². The van der Waals surface area contributed by atoms with Gasteiger partial charge in [0.1, 0.15) is 0 Å². The molecule has 110 valence electrons. The molecule has 0 radical (unpaired) electrons. The molecular formula is C14H20N2O4. The summed E-state index contributed by atoms with van der Waals surface area (Å²) in [5.41, 5.74) is 2.16. The smallest absolute Gasteiger partial charge is 0.330 e. The second-order valence-electron chi connectivity index (χ2n) is 4.54. The molecule has 6 heteroatoms. The highest BCUT2D eigenvalue weighted by molar-refractivity contribution is 5.81. The third-order valence-electron chi connectivity index (χ3n) is 3.24. The number of carbonyl (C=O) groups is 2. The molecule has 20 heavy (non-hydrogen) atoms. The van der Waals surface area contributed by atoms with Gasteiger partial charge < -0.3 is 15.5 Å². The summed E-state index contributed by atoms with van der Waals surface area (Å²) in [6.07, 6.45) is 4.83. The fourth-order valence-electron chi connectivity index (χ4n) is 2.32. The molecule has 1 heterocycles. The van der Waals surface area contributed by atoms with Gasteiger partial charge in [-0.1, -0.05) is 6.92 Å². The van der Waals surface area contributed by atoms with Crippen LogP contribution in [0.25, 0.3) is 0 Å². The minimum absolute atomic E-state index is 0.0478. The summed E-state index contributed by atoms with van der Waals surface area (Å²) in [5.74, 6) is -1.80. The van der Waals surface area contributed by atoms with Crippen LogP contribution in [0, 0.1) is 5.92 Å². The van der Waals surface area contributed by atoms with Crippen LogP contribution < -0.4 is 5.32 Å². The lowest BCUT2D eigenvalue weighted by Crippen LogP contribution is -2.14. The van der Waals surface area contributed by atoms with E-state index in [2.05, 4.69) is 10.3 Å². The van der Waals surface area contributed by atoms with Crippen LogP contribution in [0.2, 0.25) is 0 Å². The van der Waals surface area contributed by atoms with E-state index in [4.69, 9.17) is 10.2 Å². The number of allylic oxidation sites excluding steroid dienone is 2. The summed E-state index contributed by atoms with van der Waals surface area (Å²) < 4.78 is 0. The SMILES string of the molecule is CCC(=C1/N=CC[C@@H]1CCC(=O)O)/C(=C\C(=O)O)NC. The van der Waals surface area contributed by atoms with Gasteiger partial charge in [0, 0.05) is 43.1 Å². The van der Waals surface area contributed by atoms with Gasteiger partial charge in [-0.25, -0.2) is 4.79 Å². The maximum Gasteiger partial charge on any atom is 0.330 e. The highest BCUT2D eigenvalue weighted by Gasteiger charge is 2.23. The number of hydrogen-bond acceptors (Lipinski definition) is 4. The fourth-order valence-corrected chi connectivity index (χ4v) is 2.32. The molecule has 1 aliphatic heterocycles. The van der Waals surface area contributed by atoms with Crippen molar-refractivity contribution in [2.75, 3.05) is 7.05 Å². The summed E-state index contributed by atoms with van der Waals surface area (Å²) >= 11 is 0. The Morgan fingerprint density at radius 1 is 1.50 bits per heavy atom. The Labute approximate surface area is 117 Å². The molecule has 0 saturated carbocycles. The summed E-state index contributed by atoms with van der Waals surface area (Å²) in [6, 6.07) is 0. The number of carboxylic acids is 2. The molecule has 0 fully saturated rings. The summed E-state index contributed by atoms with van der Waals surface area (Å²) in [4.78, 5) is 25.9. The minimum atomic E-state index is -1.02. The standard InChI is InChI=1S/C14H20N2O4/c1-3-10(11(15-2)8-13(19)20)14-9(6-7-16-14)4-5-12(17)18/h7-9,15H,3-6H2,1-2H3,(H,17,18)(H,19,20)/b11-8+,14-10-/t9-/m0/s1. The predicted molar refractivity (Wildman–Crippen MR) is 75.6 cm³/mol. The number of likely N-dealkylation sites (N-methyl/N-ethyl adjacent to an activating group) is 1. The second-order valence-corrected chi connectivity index (χ2v) is 4.54. The van der Waals surface area contributed by atoms with Crippen LogP contribution >= 0.6 is 0 Å². The van der Waals surface area contributed by atoms with Crippen LogP contribution in [0.4, 0.5) is 0 Å². The zero-order chi connectivity index (χ0) is 15.1. The van der Waals surface area contributed by atoms with Crippen LogP contribution in [0.5, 0.6) is 0 Å². The average Bonchev–Trinajstić information content (AvgIpc) is 2.83. The summed E-state index contributed by atoms with van der Waals surface area (Å²) in [7, 11) is 1.66. The van der Waals surface area contributed by atoms with Crippen LogP contribution in [0.3, 0.4) is 0 Å². The highest BCUT2D eigenvalue weighted by Crippen LogP contribution is 2.32. The number of nitrogens with zero attached hydrogens (tertiary/aromatic N) is 1. The molecule has 3 N–H and O–H groups in total. The number of aliphatic imine (C=N–C) groups is 1. The van der Waals surface area contributed by atoms with Crippen molar-refractivity contribution < 1.29 is 19.8 Å². The van der Waals surface area contributed by atoms with E-state index < -0.39 is 11.9 Å². The summed E-state index contributed by atoms with van der Waals surface area (Å²) in [5, 5.41) is 20.5. The normalized spacial score (nSPS) is 20.9. The van der Waals surface area contributed by atoms with Crippen LogP contribution in [0.1, 0.15) is 32.6 Å². The van der Waals surface area contributed by atoms with Crippen molar-refractivity contribution in [3.63, 3.8) is 0 Å². The second kappa shape index (κ2) is 7.47. The zero-order valence-electron chi connectivity index (χ0n) is 11.7. The Bertz CT molecular complexity index is 478. The lowest BCUT2D eigenvalue weighted by Gasteiger charge is -2.17. The molecule has 0 amide bonds. The predicted octanol–water partition coefficient (Wildman–Crippen LogP) is 1.79. The minimum Gasteiger partial charge on any atom is -0.481 e. The van der Waals surface area contributed by atoms with E-state index in [0.717, 1.165) is 17.3 Å². The van der Waals surface area contributed by atoms with Crippen LogP contribution in [-0.2, 0) is 9.59 Å². The number of nitrogens with one attached hydrogen (secondary N) is 1. The van der Waals surface area contributed by atoms with Crippen molar-refractivity contribution in [3.8, 4) is 0 Å². The molecule has 0 spiro atoms. The van der Waals surface area contributed by atoms with E-state index in [1.807, 2.05) is 6.92 Å². The molecule has 0 aromatic carbocycles. The topological polar surface area (TPSA) is 99.0 Å². The molecule has 1 aliphatic rings. The van der Waals surface area contributed by atoms with E-state index in [-0.39, 0.29) is 12.3 Å². The first-order valence-electron chi connectivity index (χ1n) is 6.59. The average molecular weight is 280 g/mol. The molecular weight excluding hydrogens is 260 g/mol. The van der Waals surface area contributed by atoms with Crippen molar-refractivity contribution in [2.45, 2.75) is 32.6 Å². The molecule has 0 aliphatic carbocycles. The largest absolute Gasteiger partial charge is 0.481 e. The van der Waals surface area contributed by atoms with E-state index in [1.54, 1.807) is 13.3 Å². The number of carboxylic acid groups (broad SMARTS) is 2. The van der Waals surface area contributed by atoms with Gasteiger partial charge >= 0.3 is 11.9 Å². The monoisotopic (exact) mass is 280 g/mol. The molecule has 0 saturated heterocycles. The van der Waals surface area contributed by atoms with Gasteiger partial charge in [0.2, 0.25) is 0 Å². The maximum atomic E-state index is 10.8. The van der Waals surface area contributed by atoms with E-state index >= 15 is 0 Å². The van der Waals surface area contributed by atoms with Gasteiger partial charge in [-0.2, -0.15) is 0 Å². The molecule has 0 aromatic rings. The fraction of sp³-hybridized carbons (Fsp3) is 0.500. The first-order valence-corrected chi connectivity index (χ1v) is 6.59. The first-order chi connectivity index (χ1) is 9.49. The van der Waals surface area contributed by atoms with Gasteiger partial charge in [-0.3, -0.25) is 9.79 Å². The van der Waals surface area contributed by atoms with Crippen molar-refractivity contribution >= 4 is 18.2 Å². The van der Waals surface area contributed by atoms with Crippen molar-refractivity contribution in [3.05, 3.63) is 23.0 Å². The Morgan fingerprint density at radius 2 is 2.20 bits per heavy atom. The lowest BCUT2D eigenvalue weighted by atomic mass is 9.93. The molecule has 6 nitrogen and oxygen atoms in total. The number of rotatable bonds is 7. The molecule has 0 aromatic heterocycles. The lowest BCUT2D eigenvalue weighted by molar-refractivity contribution is -0.137. The van der Waals surface area contributed by atoms with Gasteiger partial charge in [0.05, 0.1) is 0 Å². The molecule has 0 unspecified atom stereocenters. The van der Waals surface area contributed by atoms with Crippen molar-refractivity contribution in [2.24, 2.45) is 10.9 Å². The van der Waals surface area contributed by atoms with E-state index in [0.29, 0.717) is 25.0 Å². The van der Waals surface area contributed by atoms with Gasteiger partial charge in [-0.05, 0) is 24.8 Å². The Morgan fingerprint density at radius 3 is 2.70 bits per heavy atom. The maximum absolute atomic E-state index is 10.8. The van der Waals surface area contributed by atoms with Crippen LogP contribution in [-0.4, -0.2) is 35.4 Å². The quantitative estimate of drug-likeness (QED) is 0.617. The number of hydrogen-bond donors (Lipinski definition) is 3. The Hall–Kier alpha value is -2.11. The third kappa shape index (κ3) is 4.22. The molecule has 1 atom stereocenters. The molecule has 0 bridgehead atoms. The third-order valence-corrected chi connectivity index (χ3v) is 3.24. The Kier molecular flexibility index (Phi) is 5.96. The highest BCUT2D eigenvalue weighted by atomic mass is 16.4. The van der Waals surface area contributed by atoms with Crippen molar-refractivity contribution in [1.82, 2.24) is 5.32 Å². The Balaban J connectivity index is 3.06. The molecule has 1 rings (SSSR count). The first kappa shape index (κ1) is 15.9. The van der Waals surface area contributed by atoms with Gasteiger partial charge in [-0.15, -0.1) is 0 Å².